The fourth-order valence-corrected chi connectivity index (χ4v) is 1.99. The molecule has 0 aromatic carbocycles. The maximum absolute atomic E-state index is 12.3. The predicted molar refractivity (Wildman–Crippen MR) is 81.3 cm³/mol. The maximum atomic E-state index is 12.3. The largest absolute Gasteiger partial charge is 0.389 e. The molecule has 0 atom stereocenters. The Hall–Kier alpha value is -1.33. The zero-order valence-corrected chi connectivity index (χ0v) is 13.2. The fourth-order valence-electron chi connectivity index (χ4n) is 1.81. The number of hydrogen-bond donors (Lipinski definition) is 2. The van der Waals surface area contributed by atoms with Gasteiger partial charge in [-0.1, -0.05) is 18.5 Å². The summed E-state index contributed by atoms with van der Waals surface area (Å²) in [6.07, 6.45) is 2.43. The van der Waals surface area contributed by atoms with Crippen molar-refractivity contribution in [3.05, 3.63) is 22.8 Å². The van der Waals surface area contributed by atoms with E-state index < -0.39 is 5.60 Å². The van der Waals surface area contributed by atoms with E-state index in [2.05, 4.69) is 10.3 Å². The summed E-state index contributed by atoms with van der Waals surface area (Å²) in [4.78, 5) is 17.9. The van der Waals surface area contributed by atoms with Crippen LogP contribution in [-0.2, 0) is 0 Å². The molecule has 0 spiro atoms. The van der Waals surface area contributed by atoms with Crippen molar-refractivity contribution in [3.63, 3.8) is 0 Å². The molecule has 0 unspecified atom stereocenters. The van der Waals surface area contributed by atoms with Crippen LogP contribution in [0.4, 0.5) is 5.82 Å². The number of carbonyl (C=O) groups is 1. The molecule has 0 saturated heterocycles. The number of aromatic nitrogens is 1. The molecule has 1 aromatic rings. The second-order valence-electron chi connectivity index (χ2n) is 5.45. The van der Waals surface area contributed by atoms with Crippen molar-refractivity contribution in [2.75, 3.05) is 25.5 Å². The monoisotopic (exact) mass is 299 g/mol. The Morgan fingerprint density at radius 1 is 1.55 bits per heavy atom. The Morgan fingerprint density at radius 3 is 2.75 bits per heavy atom. The molecule has 0 aliphatic heterocycles. The smallest absolute Gasteiger partial charge is 0.255 e. The number of anilines is 1. The van der Waals surface area contributed by atoms with Gasteiger partial charge in [0.25, 0.3) is 5.91 Å². The number of aliphatic hydroxyl groups is 1. The van der Waals surface area contributed by atoms with Gasteiger partial charge in [-0.15, -0.1) is 0 Å². The van der Waals surface area contributed by atoms with E-state index in [4.69, 9.17) is 11.6 Å². The van der Waals surface area contributed by atoms with Gasteiger partial charge < -0.3 is 15.3 Å². The SMILES string of the molecule is CCCNc1cc(C(=O)N(C)CC(C)(C)O)c(Cl)cn1. The standard InChI is InChI=1S/C14H22ClN3O2/c1-5-6-16-12-7-10(11(15)8-17-12)13(19)18(4)9-14(2,3)20/h7-8,20H,5-6,9H2,1-4H3,(H,16,17). The van der Waals surface area contributed by atoms with Crippen molar-refractivity contribution in [1.82, 2.24) is 9.88 Å². The van der Waals surface area contributed by atoms with Crippen molar-refractivity contribution in [3.8, 4) is 0 Å². The van der Waals surface area contributed by atoms with E-state index in [-0.39, 0.29) is 12.5 Å². The lowest BCUT2D eigenvalue weighted by Gasteiger charge is -2.26. The minimum Gasteiger partial charge on any atom is -0.389 e. The number of likely N-dealkylation sites (N-methyl/N-ethyl adjacent to an activating group) is 1. The Bertz CT molecular complexity index is 472. The number of carbonyl (C=O) groups excluding carboxylic acids is 1. The third-order valence-corrected chi connectivity index (χ3v) is 2.91. The van der Waals surface area contributed by atoms with Gasteiger partial charge in [0.1, 0.15) is 5.82 Å². The van der Waals surface area contributed by atoms with E-state index in [0.717, 1.165) is 13.0 Å². The van der Waals surface area contributed by atoms with Gasteiger partial charge in [-0.3, -0.25) is 4.79 Å². The van der Waals surface area contributed by atoms with Crippen molar-refractivity contribution < 1.29 is 9.90 Å². The first kappa shape index (κ1) is 16.7. The molecule has 6 heteroatoms. The highest BCUT2D eigenvalue weighted by Gasteiger charge is 2.22. The zero-order chi connectivity index (χ0) is 15.3. The second-order valence-corrected chi connectivity index (χ2v) is 5.86. The van der Waals surface area contributed by atoms with Crippen molar-refractivity contribution in [2.45, 2.75) is 32.8 Å². The lowest BCUT2D eigenvalue weighted by atomic mass is 10.1. The van der Waals surface area contributed by atoms with Crippen LogP contribution in [0.1, 0.15) is 37.6 Å². The van der Waals surface area contributed by atoms with Gasteiger partial charge >= 0.3 is 0 Å². The summed E-state index contributed by atoms with van der Waals surface area (Å²) in [5.41, 5.74) is -0.570. The number of halogens is 1. The van der Waals surface area contributed by atoms with Crippen molar-refractivity contribution in [2.24, 2.45) is 0 Å². The molecule has 0 aliphatic carbocycles. The number of rotatable bonds is 6. The van der Waals surface area contributed by atoms with Crippen LogP contribution in [0.3, 0.4) is 0 Å². The molecule has 1 aromatic heterocycles. The molecule has 20 heavy (non-hydrogen) atoms. The second kappa shape index (κ2) is 6.90. The minimum absolute atomic E-state index is 0.224. The molecular weight excluding hydrogens is 278 g/mol. The third kappa shape index (κ3) is 4.98. The average Bonchev–Trinajstić information content (AvgIpc) is 2.35. The van der Waals surface area contributed by atoms with Gasteiger partial charge in [-0.25, -0.2) is 4.98 Å². The van der Waals surface area contributed by atoms with Crippen molar-refractivity contribution >= 4 is 23.3 Å². The molecule has 112 valence electrons. The first-order valence-corrected chi connectivity index (χ1v) is 6.99. The van der Waals surface area contributed by atoms with Gasteiger partial charge in [0, 0.05) is 26.3 Å². The summed E-state index contributed by atoms with van der Waals surface area (Å²) in [6, 6.07) is 1.64. The Morgan fingerprint density at radius 2 is 2.20 bits per heavy atom. The molecule has 1 heterocycles. The summed E-state index contributed by atoms with van der Waals surface area (Å²) >= 11 is 6.04. The molecular formula is C14H22ClN3O2. The molecule has 0 aliphatic rings. The maximum Gasteiger partial charge on any atom is 0.255 e. The van der Waals surface area contributed by atoms with E-state index in [1.165, 1.54) is 11.1 Å². The lowest BCUT2D eigenvalue weighted by Crippen LogP contribution is -2.39. The van der Waals surface area contributed by atoms with Crippen LogP contribution < -0.4 is 5.32 Å². The summed E-state index contributed by atoms with van der Waals surface area (Å²) in [6.45, 7) is 6.36. The number of pyridine rings is 1. The third-order valence-electron chi connectivity index (χ3n) is 2.61. The van der Waals surface area contributed by atoms with Crippen LogP contribution in [0.2, 0.25) is 5.02 Å². The topological polar surface area (TPSA) is 65.5 Å². The molecule has 0 fully saturated rings. The first-order valence-electron chi connectivity index (χ1n) is 6.62. The van der Waals surface area contributed by atoms with Crippen molar-refractivity contribution in [1.29, 1.82) is 0 Å². The van der Waals surface area contributed by atoms with Gasteiger partial charge in [-0.05, 0) is 26.3 Å². The molecule has 5 nitrogen and oxygen atoms in total. The normalized spacial score (nSPS) is 11.3. The predicted octanol–water partition coefficient (Wildman–Crippen LogP) is 2.40. The molecule has 0 radical (unpaired) electrons. The highest BCUT2D eigenvalue weighted by Crippen LogP contribution is 2.20. The van der Waals surface area contributed by atoms with E-state index in [1.54, 1.807) is 27.0 Å². The minimum atomic E-state index is -0.951. The first-order chi connectivity index (χ1) is 9.24. The van der Waals surface area contributed by atoms with Crippen LogP contribution in [-0.4, -0.2) is 46.6 Å². The Kier molecular flexibility index (Phi) is 5.77. The van der Waals surface area contributed by atoms with Gasteiger partial charge in [0.2, 0.25) is 0 Å². The van der Waals surface area contributed by atoms with E-state index in [1.807, 2.05) is 6.92 Å². The lowest BCUT2D eigenvalue weighted by molar-refractivity contribution is 0.0368. The zero-order valence-electron chi connectivity index (χ0n) is 12.4. The van der Waals surface area contributed by atoms with Gasteiger partial charge in [-0.2, -0.15) is 0 Å². The number of hydrogen-bond acceptors (Lipinski definition) is 4. The summed E-state index contributed by atoms with van der Waals surface area (Å²) < 4.78 is 0. The Labute approximate surface area is 125 Å². The summed E-state index contributed by atoms with van der Waals surface area (Å²) in [5, 5.41) is 13.2. The molecule has 1 rings (SSSR count). The number of nitrogens with one attached hydrogen (secondary N) is 1. The number of amides is 1. The van der Waals surface area contributed by atoms with E-state index >= 15 is 0 Å². The van der Waals surface area contributed by atoms with Crippen LogP contribution in [0, 0.1) is 0 Å². The van der Waals surface area contributed by atoms with E-state index in [9.17, 15) is 9.90 Å². The van der Waals surface area contributed by atoms with Crippen LogP contribution in [0.5, 0.6) is 0 Å². The number of nitrogens with zero attached hydrogens (tertiary/aromatic N) is 2. The molecule has 2 N–H and O–H groups in total. The molecule has 0 saturated carbocycles. The highest BCUT2D eigenvalue weighted by atomic mass is 35.5. The quantitative estimate of drug-likeness (QED) is 0.846. The van der Waals surface area contributed by atoms with Crippen LogP contribution in [0.25, 0.3) is 0 Å². The van der Waals surface area contributed by atoms with E-state index in [0.29, 0.717) is 16.4 Å². The van der Waals surface area contributed by atoms with Gasteiger partial charge in [0.15, 0.2) is 0 Å². The molecule has 0 bridgehead atoms. The molecule has 1 amide bonds. The van der Waals surface area contributed by atoms with Crippen LogP contribution in [0.15, 0.2) is 12.3 Å². The summed E-state index contributed by atoms with van der Waals surface area (Å²) in [5.74, 6) is 0.385. The summed E-state index contributed by atoms with van der Waals surface area (Å²) in [7, 11) is 1.64. The Balaban J connectivity index is 2.91. The average molecular weight is 300 g/mol. The van der Waals surface area contributed by atoms with Gasteiger partial charge in [0.05, 0.1) is 16.2 Å². The highest BCUT2D eigenvalue weighted by molar-refractivity contribution is 6.33. The fraction of sp³-hybridized carbons (Fsp3) is 0.571. The van der Waals surface area contributed by atoms with Crippen LogP contribution >= 0.6 is 11.6 Å².